The standard InChI is InChI=1S/C15H22N2OS2/c1-11(9-12-5-8-20-10-12)17-14(18)15(13(16)19)6-3-2-4-7-15/h5,8,10-11H,2-4,6-7,9H2,1H3,(H2,16,19)(H,17,18). The molecule has 1 unspecified atom stereocenters. The van der Waals surface area contributed by atoms with Crippen molar-refractivity contribution in [1.29, 1.82) is 0 Å². The number of thiocarbonyl (C=S) groups is 1. The fourth-order valence-electron chi connectivity index (χ4n) is 2.92. The molecule has 0 spiro atoms. The number of carbonyl (C=O) groups excluding carboxylic acids is 1. The minimum absolute atomic E-state index is 0.0208. The van der Waals surface area contributed by atoms with Gasteiger partial charge in [-0.1, -0.05) is 31.5 Å². The molecule has 0 saturated heterocycles. The molecule has 1 atom stereocenters. The minimum atomic E-state index is -0.615. The third-order valence-corrected chi connectivity index (χ3v) is 5.24. The Morgan fingerprint density at radius 2 is 2.20 bits per heavy atom. The van der Waals surface area contributed by atoms with Gasteiger partial charge in [0.2, 0.25) is 5.91 Å². The SMILES string of the molecule is CC(Cc1ccsc1)NC(=O)C1(C(N)=S)CCCCC1. The highest BCUT2D eigenvalue weighted by molar-refractivity contribution is 7.80. The van der Waals surface area contributed by atoms with Crippen LogP contribution in [0.25, 0.3) is 0 Å². The van der Waals surface area contributed by atoms with Crippen LogP contribution in [0.4, 0.5) is 0 Å². The van der Waals surface area contributed by atoms with Crippen molar-refractivity contribution in [2.75, 3.05) is 0 Å². The lowest BCUT2D eigenvalue weighted by molar-refractivity contribution is -0.129. The maximum absolute atomic E-state index is 12.6. The molecular formula is C15H22N2OS2. The van der Waals surface area contributed by atoms with Crippen LogP contribution in [-0.4, -0.2) is 16.9 Å². The Morgan fingerprint density at radius 3 is 2.75 bits per heavy atom. The van der Waals surface area contributed by atoms with Gasteiger partial charge < -0.3 is 11.1 Å². The summed E-state index contributed by atoms with van der Waals surface area (Å²) in [5.74, 6) is 0.0208. The minimum Gasteiger partial charge on any atom is -0.392 e. The van der Waals surface area contributed by atoms with Crippen molar-refractivity contribution in [3.05, 3.63) is 22.4 Å². The van der Waals surface area contributed by atoms with E-state index in [4.69, 9.17) is 18.0 Å². The molecule has 1 heterocycles. The molecule has 1 aromatic heterocycles. The highest BCUT2D eigenvalue weighted by Crippen LogP contribution is 2.37. The number of hydrogen-bond donors (Lipinski definition) is 2. The Hall–Kier alpha value is -0.940. The van der Waals surface area contributed by atoms with E-state index < -0.39 is 5.41 Å². The molecule has 5 heteroatoms. The summed E-state index contributed by atoms with van der Waals surface area (Å²) >= 11 is 6.87. The Labute approximate surface area is 129 Å². The van der Waals surface area contributed by atoms with Gasteiger partial charge in [0.05, 0.1) is 10.4 Å². The zero-order valence-electron chi connectivity index (χ0n) is 11.9. The quantitative estimate of drug-likeness (QED) is 0.822. The number of hydrogen-bond acceptors (Lipinski definition) is 3. The molecule has 1 saturated carbocycles. The number of carbonyl (C=O) groups is 1. The molecule has 3 nitrogen and oxygen atoms in total. The van der Waals surface area contributed by atoms with Gasteiger partial charge in [-0.25, -0.2) is 0 Å². The van der Waals surface area contributed by atoms with Crippen molar-refractivity contribution in [2.45, 2.75) is 51.5 Å². The van der Waals surface area contributed by atoms with E-state index >= 15 is 0 Å². The van der Waals surface area contributed by atoms with Gasteiger partial charge >= 0.3 is 0 Å². The molecule has 3 N–H and O–H groups in total. The number of nitrogens with one attached hydrogen (secondary N) is 1. The number of thiophene rings is 1. The number of rotatable bonds is 5. The van der Waals surface area contributed by atoms with Gasteiger partial charge in [-0.15, -0.1) is 0 Å². The summed E-state index contributed by atoms with van der Waals surface area (Å²) in [6.07, 6.45) is 5.66. The average molecular weight is 310 g/mol. The van der Waals surface area contributed by atoms with Crippen LogP contribution in [0.3, 0.4) is 0 Å². The van der Waals surface area contributed by atoms with E-state index in [9.17, 15) is 4.79 Å². The summed E-state index contributed by atoms with van der Waals surface area (Å²) in [4.78, 5) is 13.0. The summed E-state index contributed by atoms with van der Waals surface area (Å²) in [5, 5.41) is 7.28. The van der Waals surface area contributed by atoms with Gasteiger partial charge in [-0.05, 0) is 48.6 Å². The van der Waals surface area contributed by atoms with Gasteiger partial charge in [0.1, 0.15) is 0 Å². The van der Waals surface area contributed by atoms with Crippen LogP contribution in [0.2, 0.25) is 0 Å². The van der Waals surface area contributed by atoms with Crippen LogP contribution in [0.1, 0.15) is 44.6 Å². The fourth-order valence-corrected chi connectivity index (χ4v) is 3.89. The molecular weight excluding hydrogens is 288 g/mol. The van der Waals surface area contributed by atoms with E-state index in [1.807, 2.05) is 6.92 Å². The summed E-state index contributed by atoms with van der Waals surface area (Å²) < 4.78 is 0. The van der Waals surface area contributed by atoms with Crippen molar-refractivity contribution in [3.63, 3.8) is 0 Å². The first kappa shape index (κ1) is 15.4. The highest BCUT2D eigenvalue weighted by Gasteiger charge is 2.42. The fraction of sp³-hybridized carbons (Fsp3) is 0.600. The zero-order chi connectivity index (χ0) is 14.6. The van der Waals surface area contributed by atoms with Crippen molar-refractivity contribution >= 4 is 34.5 Å². The van der Waals surface area contributed by atoms with E-state index in [1.165, 1.54) is 12.0 Å². The van der Waals surface area contributed by atoms with Crippen LogP contribution in [0, 0.1) is 5.41 Å². The van der Waals surface area contributed by atoms with E-state index in [0.717, 1.165) is 32.1 Å². The predicted molar refractivity (Wildman–Crippen MR) is 87.9 cm³/mol. The van der Waals surface area contributed by atoms with E-state index in [1.54, 1.807) is 11.3 Å². The Balaban J connectivity index is 1.99. The Kier molecular flexibility index (Phi) is 5.16. The second-order valence-corrected chi connectivity index (χ2v) is 6.94. The smallest absolute Gasteiger partial charge is 0.233 e. The van der Waals surface area contributed by atoms with Crippen LogP contribution in [0.15, 0.2) is 16.8 Å². The number of amides is 1. The number of nitrogens with two attached hydrogens (primary N) is 1. The lowest BCUT2D eigenvalue weighted by atomic mass is 9.73. The monoisotopic (exact) mass is 310 g/mol. The first-order valence-electron chi connectivity index (χ1n) is 7.16. The summed E-state index contributed by atoms with van der Waals surface area (Å²) in [6.45, 7) is 2.03. The van der Waals surface area contributed by atoms with Gasteiger partial charge in [-0.2, -0.15) is 11.3 Å². The van der Waals surface area contributed by atoms with Crippen molar-refractivity contribution < 1.29 is 4.79 Å². The molecule has 1 aromatic rings. The topological polar surface area (TPSA) is 55.1 Å². The largest absolute Gasteiger partial charge is 0.392 e. The van der Waals surface area contributed by atoms with Gasteiger partial charge in [0.15, 0.2) is 0 Å². The molecule has 1 fully saturated rings. The van der Waals surface area contributed by atoms with Gasteiger partial charge in [0, 0.05) is 6.04 Å². The van der Waals surface area contributed by atoms with Crippen LogP contribution < -0.4 is 11.1 Å². The zero-order valence-corrected chi connectivity index (χ0v) is 13.5. The summed E-state index contributed by atoms with van der Waals surface area (Å²) in [7, 11) is 0. The predicted octanol–water partition coefficient (Wildman–Crippen LogP) is 3.03. The van der Waals surface area contributed by atoms with Gasteiger partial charge in [0.25, 0.3) is 0 Å². The molecule has 1 amide bonds. The molecule has 1 aliphatic rings. The molecule has 0 aliphatic heterocycles. The van der Waals surface area contributed by atoms with Crippen molar-refractivity contribution in [3.8, 4) is 0 Å². The molecule has 0 aromatic carbocycles. The second-order valence-electron chi connectivity index (χ2n) is 5.72. The van der Waals surface area contributed by atoms with Crippen LogP contribution >= 0.6 is 23.6 Å². The maximum Gasteiger partial charge on any atom is 0.233 e. The second kappa shape index (κ2) is 6.68. The normalized spacial score (nSPS) is 19.2. The summed E-state index contributed by atoms with van der Waals surface area (Å²) in [6, 6.07) is 2.20. The maximum atomic E-state index is 12.6. The van der Waals surface area contributed by atoms with E-state index in [-0.39, 0.29) is 11.9 Å². The summed E-state index contributed by atoms with van der Waals surface area (Å²) in [5.41, 5.74) is 6.53. The lowest BCUT2D eigenvalue weighted by Crippen LogP contribution is -2.52. The molecule has 1 aliphatic carbocycles. The van der Waals surface area contributed by atoms with Crippen molar-refractivity contribution in [2.24, 2.45) is 11.1 Å². The lowest BCUT2D eigenvalue weighted by Gasteiger charge is -2.35. The highest BCUT2D eigenvalue weighted by atomic mass is 32.1. The first-order chi connectivity index (χ1) is 9.54. The van der Waals surface area contributed by atoms with Crippen LogP contribution in [0.5, 0.6) is 0 Å². The molecule has 2 rings (SSSR count). The Bertz CT molecular complexity index is 464. The first-order valence-corrected chi connectivity index (χ1v) is 8.52. The van der Waals surface area contributed by atoms with Crippen LogP contribution in [-0.2, 0) is 11.2 Å². The molecule has 0 radical (unpaired) electrons. The van der Waals surface area contributed by atoms with Crippen molar-refractivity contribution in [1.82, 2.24) is 5.32 Å². The third kappa shape index (κ3) is 3.38. The van der Waals surface area contributed by atoms with E-state index in [2.05, 4.69) is 22.1 Å². The molecule has 0 bridgehead atoms. The third-order valence-electron chi connectivity index (χ3n) is 4.11. The van der Waals surface area contributed by atoms with Gasteiger partial charge in [-0.3, -0.25) is 4.79 Å². The van der Waals surface area contributed by atoms with E-state index in [0.29, 0.717) is 4.99 Å². The Morgan fingerprint density at radius 1 is 1.50 bits per heavy atom. The average Bonchev–Trinajstić information content (AvgIpc) is 2.91. The molecule has 20 heavy (non-hydrogen) atoms. The molecule has 110 valence electrons.